The average Bonchev–Trinajstić information content (AvgIpc) is 2.37. The summed E-state index contributed by atoms with van der Waals surface area (Å²) < 4.78 is 9.81. The topological polar surface area (TPSA) is 55.8 Å². The van der Waals surface area contributed by atoms with Crippen LogP contribution in [0.2, 0.25) is 0 Å². The lowest BCUT2D eigenvalue weighted by atomic mass is 10.0. The number of ether oxygens (including phenoxy) is 2. The molecule has 4 heteroatoms. The van der Waals surface area contributed by atoms with Gasteiger partial charge in [0, 0.05) is 10.8 Å². The first-order chi connectivity index (χ1) is 8.17. The number of methoxy groups -OCH3 is 2. The molecule has 2 aromatic carbocycles. The van der Waals surface area contributed by atoms with E-state index in [0.29, 0.717) is 22.1 Å². The van der Waals surface area contributed by atoms with Crippen LogP contribution in [0.15, 0.2) is 30.3 Å². The second kappa shape index (κ2) is 4.33. The van der Waals surface area contributed by atoms with E-state index < -0.39 is 5.97 Å². The van der Waals surface area contributed by atoms with Crippen LogP contribution in [0.3, 0.4) is 0 Å². The molecule has 0 heterocycles. The summed E-state index contributed by atoms with van der Waals surface area (Å²) >= 11 is 0. The maximum Gasteiger partial charge on any atom is 0.338 e. The molecule has 0 atom stereocenters. The quantitative estimate of drug-likeness (QED) is 0.807. The van der Waals surface area contributed by atoms with Gasteiger partial charge in [0.05, 0.1) is 19.8 Å². The number of carbonyl (C=O) groups is 1. The Labute approximate surface area is 98.4 Å². The van der Waals surface area contributed by atoms with Gasteiger partial charge in [0.2, 0.25) is 0 Å². The Morgan fingerprint density at radius 3 is 2.59 bits per heavy atom. The zero-order chi connectivity index (χ0) is 12.4. The Balaban J connectivity index is 2.74. The number of benzene rings is 2. The average molecular weight is 232 g/mol. The van der Waals surface area contributed by atoms with Gasteiger partial charge in [0.15, 0.2) is 0 Å². The molecule has 0 amide bonds. The Morgan fingerprint density at radius 1 is 1.18 bits per heavy atom. The highest BCUT2D eigenvalue weighted by Crippen LogP contribution is 2.32. The number of phenolic OH excluding ortho intramolecular Hbond substituents is 1. The second-order valence-electron chi connectivity index (χ2n) is 3.54. The Bertz CT molecular complexity index is 575. The molecule has 2 aromatic rings. The molecule has 0 radical (unpaired) electrons. The fourth-order valence-corrected chi connectivity index (χ4v) is 1.75. The third-order valence-electron chi connectivity index (χ3n) is 2.58. The largest absolute Gasteiger partial charge is 0.507 e. The molecule has 88 valence electrons. The zero-order valence-electron chi connectivity index (χ0n) is 9.56. The van der Waals surface area contributed by atoms with E-state index in [-0.39, 0.29) is 5.75 Å². The van der Waals surface area contributed by atoms with Crippen molar-refractivity contribution in [3.8, 4) is 11.5 Å². The van der Waals surface area contributed by atoms with Crippen molar-refractivity contribution in [2.75, 3.05) is 14.2 Å². The smallest absolute Gasteiger partial charge is 0.338 e. The van der Waals surface area contributed by atoms with Gasteiger partial charge in [-0.25, -0.2) is 4.79 Å². The Kier molecular flexibility index (Phi) is 2.87. The molecular weight excluding hydrogens is 220 g/mol. The van der Waals surface area contributed by atoms with E-state index >= 15 is 0 Å². The van der Waals surface area contributed by atoms with Crippen molar-refractivity contribution in [2.24, 2.45) is 0 Å². The molecule has 0 aromatic heterocycles. The SMILES string of the molecule is COC(=O)c1cc(O)c2cccc(OC)c2c1. The number of fused-ring (bicyclic) bond motifs is 1. The molecule has 0 saturated carbocycles. The van der Waals surface area contributed by atoms with Crippen LogP contribution < -0.4 is 4.74 Å². The molecule has 0 spiro atoms. The van der Waals surface area contributed by atoms with Crippen LogP contribution in [0.1, 0.15) is 10.4 Å². The second-order valence-corrected chi connectivity index (χ2v) is 3.54. The lowest BCUT2D eigenvalue weighted by Crippen LogP contribution is -2.01. The highest BCUT2D eigenvalue weighted by Gasteiger charge is 2.12. The number of hydrogen-bond donors (Lipinski definition) is 1. The number of carbonyl (C=O) groups excluding carboxylic acids is 1. The van der Waals surface area contributed by atoms with E-state index in [1.807, 2.05) is 0 Å². The maximum atomic E-state index is 11.4. The first kappa shape index (κ1) is 11.3. The summed E-state index contributed by atoms with van der Waals surface area (Å²) in [4.78, 5) is 11.4. The van der Waals surface area contributed by atoms with Crippen LogP contribution in [-0.4, -0.2) is 25.3 Å². The maximum absolute atomic E-state index is 11.4. The third kappa shape index (κ3) is 1.89. The van der Waals surface area contributed by atoms with Crippen LogP contribution in [0, 0.1) is 0 Å². The van der Waals surface area contributed by atoms with Crippen LogP contribution in [0.4, 0.5) is 0 Å². The minimum Gasteiger partial charge on any atom is -0.507 e. The minimum atomic E-state index is -0.492. The van der Waals surface area contributed by atoms with Crippen LogP contribution in [0.5, 0.6) is 11.5 Å². The van der Waals surface area contributed by atoms with Crippen molar-refractivity contribution in [1.82, 2.24) is 0 Å². The van der Waals surface area contributed by atoms with Crippen molar-refractivity contribution in [1.29, 1.82) is 0 Å². The number of phenols is 1. The van der Waals surface area contributed by atoms with Gasteiger partial charge in [-0.1, -0.05) is 12.1 Å². The van der Waals surface area contributed by atoms with Gasteiger partial charge < -0.3 is 14.6 Å². The Morgan fingerprint density at radius 2 is 1.94 bits per heavy atom. The molecule has 0 aliphatic carbocycles. The Hall–Kier alpha value is -2.23. The van der Waals surface area contributed by atoms with Gasteiger partial charge in [-0.3, -0.25) is 0 Å². The predicted octanol–water partition coefficient (Wildman–Crippen LogP) is 2.34. The van der Waals surface area contributed by atoms with Crippen LogP contribution >= 0.6 is 0 Å². The first-order valence-electron chi connectivity index (χ1n) is 5.05. The summed E-state index contributed by atoms with van der Waals surface area (Å²) in [6.45, 7) is 0. The molecule has 0 aliphatic heterocycles. The van der Waals surface area contributed by atoms with E-state index in [2.05, 4.69) is 4.74 Å². The van der Waals surface area contributed by atoms with Gasteiger partial charge >= 0.3 is 5.97 Å². The molecular formula is C13H12O4. The van der Waals surface area contributed by atoms with Gasteiger partial charge in [0.25, 0.3) is 0 Å². The molecule has 0 bridgehead atoms. The summed E-state index contributed by atoms with van der Waals surface area (Å²) in [7, 11) is 2.84. The monoisotopic (exact) mass is 232 g/mol. The highest BCUT2D eigenvalue weighted by molar-refractivity contribution is 6.00. The molecule has 2 rings (SSSR count). The van der Waals surface area contributed by atoms with Crippen molar-refractivity contribution >= 4 is 16.7 Å². The summed E-state index contributed by atoms with van der Waals surface area (Å²) in [5.41, 5.74) is 0.294. The van der Waals surface area contributed by atoms with E-state index in [0.717, 1.165) is 0 Å². The standard InChI is InChI=1S/C13H12O4/c1-16-12-5-3-4-9-10(12)6-8(7-11(9)14)13(15)17-2/h3-7,14H,1-2H3. The zero-order valence-corrected chi connectivity index (χ0v) is 9.56. The molecule has 0 unspecified atom stereocenters. The summed E-state index contributed by atoms with van der Waals surface area (Å²) in [6, 6.07) is 8.32. The number of aromatic hydroxyl groups is 1. The minimum absolute atomic E-state index is 0.0294. The van der Waals surface area contributed by atoms with Gasteiger partial charge in [0.1, 0.15) is 11.5 Å². The van der Waals surface area contributed by atoms with Crippen molar-refractivity contribution in [2.45, 2.75) is 0 Å². The normalized spacial score (nSPS) is 10.2. The molecule has 1 N–H and O–H groups in total. The molecule has 0 fully saturated rings. The van der Waals surface area contributed by atoms with E-state index in [1.165, 1.54) is 20.3 Å². The third-order valence-corrected chi connectivity index (χ3v) is 2.58. The molecule has 4 nitrogen and oxygen atoms in total. The van der Waals surface area contributed by atoms with Crippen LogP contribution in [-0.2, 0) is 4.74 Å². The van der Waals surface area contributed by atoms with Crippen molar-refractivity contribution in [3.05, 3.63) is 35.9 Å². The lowest BCUT2D eigenvalue weighted by Gasteiger charge is -2.08. The number of rotatable bonds is 2. The molecule has 17 heavy (non-hydrogen) atoms. The summed E-state index contributed by atoms with van der Waals surface area (Å²) in [6.07, 6.45) is 0. The van der Waals surface area contributed by atoms with E-state index in [1.54, 1.807) is 24.3 Å². The number of hydrogen-bond acceptors (Lipinski definition) is 4. The fourth-order valence-electron chi connectivity index (χ4n) is 1.75. The van der Waals surface area contributed by atoms with Crippen molar-refractivity contribution < 1.29 is 19.4 Å². The van der Waals surface area contributed by atoms with E-state index in [9.17, 15) is 9.90 Å². The molecule has 0 aliphatic rings. The van der Waals surface area contributed by atoms with Gasteiger partial charge in [-0.2, -0.15) is 0 Å². The highest BCUT2D eigenvalue weighted by atomic mass is 16.5. The molecule has 0 saturated heterocycles. The van der Waals surface area contributed by atoms with Gasteiger partial charge in [-0.05, 0) is 18.2 Å². The van der Waals surface area contributed by atoms with Crippen LogP contribution in [0.25, 0.3) is 10.8 Å². The predicted molar refractivity (Wildman–Crippen MR) is 63.5 cm³/mol. The fraction of sp³-hybridized carbons (Fsp3) is 0.154. The van der Waals surface area contributed by atoms with E-state index in [4.69, 9.17) is 4.74 Å². The lowest BCUT2D eigenvalue weighted by molar-refractivity contribution is 0.0600. The summed E-state index contributed by atoms with van der Waals surface area (Å²) in [5.74, 6) is 0.137. The van der Waals surface area contributed by atoms with Gasteiger partial charge in [-0.15, -0.1) is 0 Å². The van der Waals surface area contributed by atoms with Crippen molar-refractivity contribution in [3.63, 3.8) is 0 Å². The number of esters is 1. The summed E-state index contributed by atoms with van der Waals surface area (Å²) in [5, 5.41) is 11.2. The first-order valence-corrected chi connectivity index (χ1v) is 5.05.